The lowest BCUT2D eigenvalue weighted by molar-refractivity contribution is -0.145. The molecule has 1 aliphatic carbocycles. The van der Waals surface area contributed by atoms with E-state index in [9.17, 15) is 19.5 Å². The molecule has 0 saturated heterocycles. The molecule has 1 fully saturated rings. The highest BCUT2D eigenvalue weighted by molar-refractivity contribution is 5.99. The van der Waals surface area contributed by atoms with E-state index in [1.165, 1.54) is 0 Å². The number of carboxylic acid groups (broad SMARTS) is 1. The molecule has 8 heteroatoms. The molecule has 168 valence electrons. The molecule has 1 aliphatic rings. The topological polar surface area (TPSA) is 129 Å². The van der Waals surface area contributed by atoms with E-state index < -0.39 is 29.7 Å². The molecule has 3 aromatic rings. The standard InChI is InChI=1S/C25H23N3O5/c29-21-13-20(24(31)27-18-11-17(12-18)25(32)33)26-14-19(21)23(30)28-22(15-7-3-1-4-8-15)16-9-5-2-6-10-16/h1-10,13-14,17-18,22H,11-12H2,(H,26,29)(H,27,31)(H,28,30)(H,32,33)/t17-,18-. The fourth-order valence-electron chi connectivity index (χ4n) is 3.80. The number of aliphatic carboxylic acids is 1. The predicted octanol–water partition coefficient (Wildman–Crippen LogP) is 2.90. The molecule has 0 bridgehead atoms. The molecule has 33 heavy (non-hydrogen) atoms. The van der Waals surface area contributed by atoms with E-state index in [2.05, 4.69) is 15.6 Å². The lowest BCUT2D eigenvalue weighted by Gasteiger charge is -2.32. The van der Waals surface area contributed by atoms with Crippen molar-refractivity contribution in [3.05, 3.63) is 95.3 Å². The fraction of sp³-hybridized carbons (Fsp3) is 0.200. The molecule has 0 unspecified atom stereocenters. The number of rotatable bonds is 7. The maximum atomic E-state index is 13.0. The largest absolute Gasteiger partial charge is 0.507 e. The van der Waals surface area contributed by atoms with E-state index in [4.69, 9.17) is 5.11 Å². The van der Waals surface area contributed by atoms with E-state index in [1.807, 2.05) is 60.7 Å². The number of nitrogens with zero attached hydrogens (tertiary/aromatic N) is 1. The van der Waals surface area contributed by atoms with Gasteiger partial charge in [0.15, 0.2) is 0 Å². The van der Waals surface area contributed by atoms with Gasteiger partial charge in [-0.3, -0.25) is 14.4 Å². The Labute approximate surface area is 190 Å². The normalized spacial score (nSPS) is 17.1. The van der Waals surface area contributed by atoms with Crippen LogP contribution in [0, 0.1) is 5.92 Å². The number of benzene rings is 2. The smallest absolute Gasteiger partial charge is 0.306 e. The van der Waals surface area contributed by atoms with Crippen LogP contribution in [-0.4, -0.2) is 39.0 Å². The number of carboxylic acids is 1. The van der Waals surface area contributed by atoms with E-state index in [-0.39, 0.29) is 23.0 Å². The average molecular weight is 445 g/mol. The van der Waals surface area contributed by atoms with Gasteiger partial charge in [-0.15, -0.1) is 0 Å². The second kappa shape index (κ2) is 9.52. The Morgan fingerprint density at radius 1 is 0.909 bits per heavy atom. The van der Waals surface area contributed by atoms with Crippen molar-refractivity contribution >= 4 is 17.8 Å². The van der Waals surface area contributed by atoms with Crippen LogP contribution in [0.2, 0.25) is 0 Å². The van der Waals surface area contributed by atoms with Crippen LogP contribution in [0.15, 0.2) is 72.9 Å². The highest BCUT2D eigenvalue weighted by Crippen LogP contribution is 2.28. The van der Waals surface area contributed by atoms with Gasteiger partial charge in [-0.2, -0.15) is 0 Å². The first-order valence-electron chi connectivity index (χ1n) is 10.6. The molecule has 8 nitrogen and oxygen atoms in total. The van der Waals surface area contributed by atoms with Gasteiger partial charge in [-0.05, 0) is 24.0 Å². The summed E-state index contributed by atoms with van der Waals surface area (Å²) in [6.45, 7) is 0. The van der Waals surface area contributed by atoms with Crippen molar-refractivity contribution < 1.29 is 24.6 Å². The van der Waals surface area contributed by atoms with Crippen LogP contribution in [0.3, 0.4) is 0 Å². The number of aromatic hydroxyl groups is 1. The Morgan fingerprint density at radius 3 is 2.00 bits per heavy atom. The molecule has 4 N–H and O–H groups in total. The van der Waals surface area contributed by atoms with Crippen LogP contribution in [0.25, 0.3) is 0 Å². The lowest BCUT2D eigenvalue weighted by Crippen LogP contribution is -2.46. The maximum absolute atomic E-state index is 13.0. The van der Waals surface area contributed by atoms with Gasteiger partial charge in [0.2, 0.25) is 0 Å². The third kappa shape index (κ3) is 5.01. The van der Waals surface area contributed by atoms with Gasteiger partial charge in [0, 0.05) is 18.3 Å². The molecule has 1 aromatic heterocycles. The number of hydrogen-bond donors (Lipinski definition) is 4. The zero-order valence-corrected chi connectivity index (χ0v) is 17.6. The first kappa shape index (κ1) is 22.0. The van der Waals surface area contributed by atoms with E-state index in [0.29, 0.717) is 12.8 Å². The summed E-state index contributed by atoms with van der Waals surface area (Å²) in [5.74, 6) is -2.77. The minimum atomic E-state index is -0.879. The van der Waals surface area contributed by atoms with Crippen molar-refractivity contribution in [3.8, 4) is 5.75 Å². The van der Waals surface area contributed by atoms with Gasteiger partial charge < -0.3 is 20.8 Å². The fourth-order valence-corrected chi connectivity index (χ4v) is 3.80. The number of nitrogens with one attached hydrogen (secondary N) is 2. The van der Waals surface area contributed by atoms with Gasteiger partial charge in [0.1, 0.15) is 11.4 Å². The monoisotopic (exact) mass is 445 g/mol. The molecule has 0 spiro atoms. The molecule has 0 aliphatic heterocycles. The summed E-state index contributed by atoms with van der Waals surface area (Å²) in [6, 6.07) is 19.3. The molecule has 2 amide bonds. The van der Waals surface area contributed by atoms with Gasteiger partial charge >= 0.3 is 5.97 Å². The SMILES string of the molecule is O=C(N[C@H]1C[C@H](C(=O)O)C1)c1cc(O)c(C(=O)NC(c2ccccc2)c2ccccc2)cn1. The third-order valence-corrected chi connectivity index (χ3v) is 5.72. The van der Waals surface area contributed by atoms with Crippen LogP contribution in [0.1, 0.15) is 50.9 Å². The van der Waals surface area contributed by atoms with E-state index in [1.54, 1.807) is 0 Å². The highest BCUT2D eigenvalue weighted by atomic mass is 16.4. The Hall–Kier alpha value is -4.20. The lowest BCUT2D eigenvalue weighted by atomic mass is 9.80. The summed E-state index contributed by atoms with van der Waals surface area (Å²) in [5, 5.41) is 25.0. The van der Waals surface area contributed by atoms with Crippen LogP contribution >= 0.6 is 0 Å². The van der Waals surface area contributed by atoms with Crippen molar-refractivity contribution in [2.75, 3.05) is 0 Å². The second-order valence-corrected chi connectivity index (χ2v) is 7.99. The summed E-state index contributed by atoms with van der Waals surface area (Å²) < 4.78 is 0. The third-order valence-electron chi connectivity index (χ3n) is 5.72. The number of aromatic nitrogens is 1. The quantitative estimate of drug-likeness (QED) is 0.443. The molecule has 4 rings (SSSR count). The Bertz CT molecular complexity index is 1120. The zero-order chi connectivity index (χ0) is 23.4. The van der Waals surface area contributed by atoms with Crippen molar-refractivity contribution in [1.82, 2.24) is 15.6 Å². The number of carbonyl (C=O) groups excluding carboxylic acids is 2. The number of hydrogen-bond acceptors (Lipinski definition) is 5. The summed E-state index contributed by atoms with van der Waals surface area (Å²) in [7, 11) is 0. The maximum Gasteiger partial charge on any atom is 0.306 e. The van der Waals surface area contributed by atoms with Crippen molar-refractivity contribution in [2.45, 2.75) is 24.9 Å². The molecule has 0 radical (unpaired) electrons. The van der Waals surface area contributed by atoms with Crippen molar-refractivity contribution in [1.29, 1.82) is 0 Å². The minimum Gasteiger partial charge on any atom is -0.507 e. The molecular formula is C25H23N3O5. The Morgan fingerprint density at radius 2 is 1.48 bits per heavy atom. The molecule has 0 atom stereocenters. The minimum absolute atomic E-state index is 0.0505. The average Bonchev–Trinajstić information content (AvgIpc) is 2.80. The Balaban J connectivity index is 1.47. The van der Waals surface area contributed by atoms with Crippen LogP contribution in [0.5, 0.6) is 5.75 Å². The molecule has 2 aromatic carbocycles. The van der Waals surface area contributed by atoms with Crippen molar-refractivity contribution in [2.24, 2.45) is 5.92 Å². The van der Waals surface area contributed by atoms with Crippen LogP contribution in [0.4, 0.5) is 0 Å². The van der Waals surface area contributed by atoms with Crippen LogP contribution < -0.4 is 10.6 Å². The van der Waals surface area contributed by atoms with Gasteiger partial charge in [-0.1, -0.05) is 60.7 Å². The second-order valence-electron chi connectivity index (χ2n) is 7.99. The first-order chi connectivity index (χ1) is 15.9. The van der Waals surface area contributed by atoms with Gasteiger partial charge in [-0.25, -0.2) is 4.98 Å². The molecule has 1 saturated carbocycles. The van der Waals surface area contributed by atoms with E-state index in [0.717, 1.165) is 23.4 Å². The summed E-state index contributed by atoms with van der Waals surface area (Å²) in [4.78, 5) is 40.3. The zero-order valence-electron chi connectivity index (χ0n) is 17.6. The van der Waals surface area contributed by atoms with Crippen LogP contribution in [-0.2, 0) is 4.79 Å². The van der Waals surface area contributed by atoms with Gasteiger partial charge in [0.05, 0.1) is 17.5 Å². The number of amides is 2. The van der Waals surface area contributed by atoms with Gasteiger partial charge in [0.25, 0.3) is 11.8 Å². The Kier molecular flexibility index (Phi) is 6.35. The molecular weight excluding hydrogens is 422 g/mol. The number of pyridine rings is 1. The molecule has 1 heterocycles. The summed E-state index contributed by atoms with van der Waals surface area (Å²) >= 11 is 0. The highest BCUT2D eigenvalue weighted by Gasteiger charge is 2.35. The summed E-state index contributed by atoms with van der Waals surface area (Å²) in [6.07, 6.45) is 1.87. The first-order valence-corrected chi connectivity index (χ1v) is 10.6. The van der Waals surface area contributed by atoms with Crippen molar-refractivity contribution in [3.63, 3.8) is 0 Å². The predicted molar refractivity (Wildman–Crippen MR) is 120 cm³/mol. The summed E-state index contributed by atoms with van der Waals surface area (Å²) in [5.41, 5.74) is 1.64. The number of carbonyl (C=O) groups is 3. The van der Waals surface area contributed by atoms with E-state index >= 15 is 0 Å².